The first-order chi connectivity index (χ1) is 12.9. The van der Waals surface area contributed by atoms with Crippen molar-refractivity contribution >= 4 is 20.9 Å². The Balaban J connectivity index is 2.51. The molecule has 0 aliphatic heterocycles. The summed E-state index contributed by atoms with van der Waals surface area (Å²) in [5.41, 5.74) is 0.405. The average molecular weight is 438 g/mol. The highest BCUT2D eigenvalue weighted by atomic mass is 31.2. The molecule has 1 rings (SSSR count). The number of nitrogens with one attached hydrogen (secondary N) is 1. The normalized spacial score (nSPS) is 13.8. The van der Waals surface area contributed by atoms with Gasteiger partial charge in [-0.2, -0.15) is 0 Å². The van der Waals surface area contributed by atoms with Crippen LogP contribution in [0.1, 0.15) is 46.5 Å². The standard InChI is InChI=1S/C17H32N2O7P2/c1-13(2)5-4-6-14(3)8-10-26-16-11-15(7-9-18-16)19-12-17(27(20,21)22)28(23,24)25/h7,9,11,13-14,17H,4-6,8,10,12H2,1-3H3,(H,18,19)(H2,20,21,22)(H2,23,24,25). The molecule has 0 amide bonds. The Morgan fingerprint density at radius 1 is 1.07 bits per heavy atom. The fourth-order valence-corrected chi connectivity index (χ4v) is 4.85. The number of ether oxygens (including phenoxy) is 1. The van der Waals surface area contributed by atoms with E-state index in [1.54, 1.807) is 0 Å². The smallest absolute Gasteiger partial charge is 0.342 e. The summed E-state index contributed by atoms with van der Waals surface area (Å²) in [4.78, 5) is 40.7. The molecule has 1 aromatic rings. The molecule has 0 aromatic carbocycles. The lowest BCUT2D eigenvalue weighted by Crippen LogP contribution is -2.20. The van der Waals surface area contributed by atoms with Crippen molar-refractivity contribution in [3.63, 3.8) is 0 Å². The summed E-state index contributed by atoms with van der Waals surface area (Å²) in [6, 6.07) is 3.05. The van der Waals surface area contributed by atoms with Crippen molar-refractivity contribution in [1.82, 2.24) is 4.98 Å². The topological polar surface area (TPSA) is 149 Å². The summed E-state index contributed by atoms with van der Waals surface area (Å²) in [5.74, 6) is 1.58. The third kappa shape index (κ3) is 10.0. The molecule has 11 heteroatoms. The van der Waals surface area contributed by atoms with Crippen LogP contribution in [-0.4, -0.2) is 43.1 Å². The van der Waals surface area contributed by atoms with Gasteiger partial charge in [-0.15, -0.1) is 0 Å². The molecule has 1 atom stereocenters. The summed E-state index contributed by atoms with van der Waals surface area (Å²) in [5, 5.41) is 0.524. The van der Waals surface area contributed by atoms with Crippen LogP contribution in [-0.2, 0) is 9.13 Å². The van der Waals surface area contributed by atoms with Crippen molar-refractivity contribution in [2.45, 2.75) is 51.9 Å². The van der Waals surface area contributed by atoms with E-state index in [9.17, 15) is 9.13 Å². The van der Waals surface area contributed by atoms with Gasteiger partial charge in [-0.3, -0.25) is 9.13 Å². The maximum Gasteiger partial charge on any atom is 0.342 e. The summed E-state index contributed by atoms with van der Waals surface area (Å²) >= 11 is 0. The zero-order valence-corrected chi connectivity index (χ0v) is 18.4. The molecule has 162 valence electrons. The molecule has 9 nitrogen and oxygen atoms in total. The molecule has 1 unspecified atom stereocenters. The van der Waals surface area contributed by atoms with Crippen LogP contribution in [0.2, 0.25) is 0 Å². The van der Waals surface area contributed by atoms with Crippen LogP contribution in [0.15, 0.2) is 18.3 Å². The highest BCUT2D eigenvalue weighted by molar-refractivity contribution is 7.70. The predicted molar refractivity (Wildman–Crippen MR) is 109 cm³/mol. The Hall–Kier alpha value is -0.950. The second-order valence-corrected chi connectivity index (χ2v) is 11.5. The van der Waals surface area contributed by atoms with Crippen LogP contribution in [0.25, 0.3) is 0 Å². The molecule has 0 radical (unpaired) electrons. The summed E-state index contributed by atoms with van der Waals surface area (Å²) in [6.07, 6.45) is 5.88. The van der Waals surface area contributed by atoms with Crippen LogP contribution < -0.4 is 10.1 Å². The van der Waals surface area contributed by atoms with E-state index in [2.05, 4.69) is 31.1 Å². The minimum Gasteiger partial charge on any atom is -0.478 e. The minimum atomic E-state index is -4.96. The van der Waals surface area contributed by atoms with Gasteiger partial charge in [0, 0.05) is 24.5 Å². The van der Waals surface area contributed by atoms with Crippen molar-refractivity contribution in [2.75, 3.05) is 18.5 Å². The van der Waals surface area contributed by atoms with Gasteiger partial charge in [-0.1, -0.05) is 40.0 Å². The summed E-state index contributed by atoms with van der Waals surface area (Å²) in [7, 11) is -9.93. The molecular formula is C17H32N2O7P2. The molecule has 0 aliphatic rings. The zero-order chi connectivity index (χ0) is 21.4. The molecule has 0 saturated heterocycles. The van der Waals surface area contributed by atoms with Gasteiger partial charge < -0.3 is 29.6 Å². The zero-order valence-electron chi connectivity index (χ0n) is 16.6. The van der Waals surface area contributed by atoms with E-state index in [1.165, 1.54) is 31.2 Å². The number of hydrogen-bond donors (Lipinski definition) is 5. The molecule has 28 heavy (non-hydrogen) atoms. The highest BCUT2D eigenvalue weighted by Crippen LogP contribution is 2.59. The number of pyridine rings is 1. The van der Waals surface area contributed by atoms with Crippen LogP contribution in [0.3, 0.4) is 0 Å². The van der Waals surface area contributed by atoms with Gasteiger partial charge in [0.2, 0.25) is 5.88 Å². The largest absolute Gasteiger partial charge is 0.478 e. The van der Waals surface area contributed by atoms with Gasteiger partial charge in [0.1, 0.15) is 0 Å². The molecule has 5 N–H and O–H groups in total. The highest BCUT2D eigenvalue weighted by Gasteiger charge is 2.43. The fraction of sp³-hybridized carbons (Fsp3) is 0.706. The van der Waals surface area contributed by atoms with Gasteiger partial charge in [-0.25, -0.2) is 4.98 Å². The predicted octanol–water partition coefficient (Wildman–Crippen LogP) is 3.41. The van der Waals surface area contributed by atoms with Crippen LogP contribution in [0.4, 0.5) is 5.69 Å². The molecule has 0 bridgehead atoms. The van der Waals surface area contributed by atoms with Crippen molar-refractivity contribution in [3.8, 4) is 5.88 Å². The maximum absolute atomic E-state index is 11.3. The second kappa shape index (κ2) is 11.3. The second-order valence-electron chi connectivity index (χ2n) is 7.49. The fourth-order valence-electron chi connectivity index (χ4n) is 2.62. The number of nitrogens with zero attached hydrogens (tertiary/aromatic N) is 1. The molecule has 0 spiro atoms. The molecule has 0 aliphatic carbocycles. The minimum absolute atomic E-state index is 0.336. The maximum atomic E-state index is 11.3. The van der Waals surface area contributed by atoms with Gasteiger partial charge in [-0.05, 0) is 24.3 Å². The van der Waals surface area contributed by atoms with Gasteiger partial charge in [0.05, 0.1) is 6.61 Å². The lowest BCUT2D eigenvalue weighted by Gasteiger charge is -2.20. The van der Waals surface area contributed by atoms with Gasteiger partial charge in [0.15, 0.2) is 5.40 Å². The monoisotopic (exact) mass is 438 g/mol. The number of aromatic nitrogens is 1. The van der Waals surface area contributed by atoms with E-state index >= 15 is 0 Å². The Morgan fingerprint density at radius 2 is 1.71 bits per heavy atom. The van der Waals surface area contributed by atoms with E-state index < -0.39 is 27.1 Å². The number of anilines is 1. The first-order valence-electron chi connectivity index (χ1n) is 9.32. The Labute approximate surface area is 166 Å². The summed E-state index contributed by atoms with van der Waals surface area (Å²) in [6.45, 7) is 6.52. The van der Waals surface area contributed by atoms with Crippen molar-refractivity contribution in [1.29, 1.82) is 0 Å². The molecular weight excluding hydrogens is 406 g/mol. The van der Waals surface area contributed by atoms with E-state index in [0.717, 1.165) is 12.8 Å². The SMILES string of the molecule is CC(C)CCCC(C)CCOc1cc(NCC(P(=O)(O)O)P(=O)(O)O)ccn1. The van der Waals surface area contributed by atoms with Crippen LogP contribution >= 0.6 is 15.2 Å². The Kier molecular flexibility index (Phi) is 10.1. The molecule has 0 saturated carbocycles. The first kappa shape index (κ1) is 25.1. The van der Waals surface area contributed by atoms with E-state index in [0.29, 0.717) is 30.0 Å². The van der Waals surface area contributed by atoms with E-state index in [-0.39, 0.29) is 0 Å². The van der Waals surface area contributed by atoms with Crippen molar-refractivity contribution in [2.24, 2.45) is 11.8 Å². The quantitative estimate of drug-likeness (QED) is 0.292. The lowest BCUT2D eigenvalue weighted by molar-refractivity contribution is 0.267. The van der Waals surface area contributed by atoms with Crippen molar-refractivity contribution in [3.05, 3.63) is 18.3 Å². The van der Waals surface area contributed by atoms with E-state index in [1.807, 2.05) is 0 Å². The number of hydrogen-bond acceptors (Lipinski definition) is 5. The van der Waals surface area contributed by atoms with Crippen LogP contribution in [0, 0.1) is 11.8 Å². The molecule has 1 heterocycles. The third-order valence-corrected chi connectivity index (χ3v) is 8.06. The van der Waals surface area contributed by atoms with Gasteiger partial charge in [0.25, 0.3) is 0 Å². The lowest BCUT2D eigenvalue weighted by atomic mass is 9.98. The van der Waals surface area contributed by atoms with Crippen LogP contribution in [0.5, 0.6) is 5.88 Å². The molecule has 1 aromatic heterocycles. The average Bonchev–Trinajstić information content (AvgIpc) is 2.52. The van der Waals surface area contributed by atoms with Crippen molar-refractivity contribution < 1.29 is 33.4 Å². The number of rotatable bonds is 13. The third-order valence-electron chi connectivity index (χ3n) is 4.34. The molecule has 0 fully saturated rings. The Morgan fingerprint density at radius 3 is 2.29 bits per heavy atom. The summed E-state index contributed by atoms with van der Waals surface area (Å²) < 4.78 is 28.2. The van der Waals surface area contributed by atoms with E-state index in [4.69, 9.17) is 24.3 Å². The Bertz CT molecular complexity index is 668. The first-order valence-corrected chi connectivity index (χ1v) is 12.7. The van der Waals surface area contributed by atoms with Gasteiger partial charge >= 0.3 is 15.2 Å².